The van der Waals surface area contributed by atoms with Gasteiger partial charge in [-0.05, 0) is 29.8 Å². The highest BCUT2D eigenvalue weighted by Crippen LogP contribution is 2.29. The van der Waals surface area contributed by atoms with E-state index in [2.05, 4.69) is 15.5 Å². The highest BCUT2D eigenvalue weighted by molar-refractivity contribution is 6.17. The minimum absolute atomic E-state index is 0.0920. The first kappa shape index (κ1) is 15.7. The first-order valence-electron chi connectivity index (χ1n) is 5.27. The quantitative estimate of drug-likeness (QED) is 0.370. The number of carbonyl (C=O) groups is 2. The third-order valence-corrected chi connectivity index (χ3v) is 2.26. The molecule has 0 saturated carbocycles. The van der Waals surface area contributed by atoms with E-state index in [9.17, 15) is 22.8 Å². The molecule has 0 saturated heterocycles. The molecule has 0 fully saturated rings. The van der Waals surface area contributed by atoms with Crippen molar-refractivity contribution in [3.05, 3.63) is 41.0 Å². The van der Waals surface area contributed by atoms with E-state index in [0.29, 0.717) is 0 Å². The molecule has 1 aromatic rings. The van der Waals surface area contributed by atoms with Crippen LogP contribution >= 0.6 is 0 Å². The molecule has 0 aromatic heterocycles. The molecule has 0 unspecified atom stereocenters. The SMILES string of the molecule is COC(=O)C(=Cc1[c]ccc(C(F)(F)F)c1)C(=O)OC. The Morgan fingerprint density at radius 3 is 2.20 bits per heavy atom. The lowest BCUT2D eigenvalue weighted by Crippen LogP contribution is -2.15. The molecule has 1 radical (unpaired) electrons. The summed E-state index contributed by atoms with van der Waals surface area (Å²) < 4.78 is 46.3. The van der Waals surface area contributed by atoms with E-state index in [4.69, 9.17) is 0 Å². The first-order chi connectivity index (χ1) is 9.29. The van der Waals surface area contributed by atoms with E-state index >= 15 is 0 Å². The van der Waals surface area contributed by atoms with E-state index in [1.165, 1.54) is 0 Å². The van der Waals surface area contributed by atoms with Crippen LogP contribution in [0.1, 0.15) is 11.1 Å². The van der Waals surface area contributed by atoms with Gasteiger partial charge in [-0.2, -0.15) is 13.2 Å². The number of rotatable bonds is 3. The second-order valence-corrected chi connectivity index (χ2v) is 3.57. The average Bonchev–Trinajstić information content (AvgIpc) is 2.42. The van der Waals surface area contributed by atoms with Gasteiger partial charge in [0.2, 0.25) is 0 Å². The summed E-state index contributed by atoms with van der Waals surface area (Å²) in [5, 5.41) is 0. The molecule has 0 N–H and O–H groups in total. The monoisotopic (exact) mass is 287 g/mol. The number of benzene rings is 1. The Bertz CT molecular complexity index is 529. The predicted octanol–water partition coefficient (Wildman–Crippen LogP) is 2.23. The lowest BCUT2D eigenvalue weighted by molar-refractivity contribution is -0.144. The zero-order valence-corrected chi connectivity index (χ0v) is 10.6. The average molecular weight is 287 g/mol. The van der Waals surface area contributed by atoms with Crippen molar-refractivity contribution in [1.82, 2.24) is 0 Å². The summed E-state index contributed by atoms with van der Waals surface area (Å²) in [4.78, 5) is 22.7. The van der Waals surface area contributed by atoms with Crippen LogP contribution < -0.4 is 0 Å². The number of halogens is 3. The van der Waals surface area contributed by atoms with Crippen LogP contribution in [-0.2, 0) is 25.2 Å². The zero-order chi connectivity index (χ0) is 15.3. The minimum atomic E-state index is -4.53. The van der Waals surface area contributed by atoms with Crippen molar-refractivity contribution < 1.29 is 32.2 Å². The Labute approximate surface area is 112 Å². The number of methoxy groups -OCH3 is 2. The number of alkyl halides is 3. The number of esters is 2. The van der Waals surface area contributed by atoms with Gasteiger partial charge < -0.3 is 9.47 Å². The van der Waals surface area contributed by atoms with Gasteiger partial charge in [0.05, 0.1) is 19.8 Å². The Morgan fingerprint density at radius 1 is 1.20 bits per heavy atom. The van der Waals surface area contributed by atoms with Gasteiger partial charge in [0.25, 0.3) is 0 Å². The third kappa shape index (κ3) is 3.84. The molecule has 0 aliphatic carbocycles. The largest absolute Gasteiger partial charge is 0.465 e. The molecule has 0 heterocycles. The lowest BCUT2D eigenvalue weighted by atomic mass is 10.1. The van der Waals surface area contributed by atoms with Crippen LogP contribution in [0, 0.1) is 6.07 Å². The van der Waals surface area contributed by atoms with Gasteiger partial charge in [0.1, 0.15) is 5.57 Å². The normalized spacial score (nSPS) is 10.7. The van der Waals surface area contributed by atoms with Crippen molar-refractivity contribution in [1.29, 1.82) is 0 Å². The summed E-state index contributed by atoms with van der Waals surface area (Å²) in [7, 11) is 2.07. The molecule has 0 atom stereocenters. The van der Waals surface area contributed by atoms with Crippen molar-refractivity contribution in [3.63, 3.8) is 0 Å². The van der Waals surface area contributed by atoms with Crippen LogP contribution in [0.5, 0.6) is 0 Å². The van der Waals surface area contributed by atoms with Crippen molar-refractivity contribution in [3.8, 4) is 0 Å². The van der Waals surface area contributed by atoms with Crippen LogP contribution in [0.25, 0.3) is 6.08 Å². The summed E-state index contributed by atoms with van der Waals surface area (Å²) >= 11 is 0. The lowest BCUT2D eigenvalue weighted by Gasteiger charge is -2.07. The van der Waals surface area contributed by atoms with Crippen molar-refractivity contribution >= 4 is 18.0 Å². The second-order valence-electron chi connectivity index (χ2n) is 3.57. The smallest absolute Gasteiger partial charge is 0.416 e. The van der Waals surface area contributed by atoms with Gasteiger partial charge in [-0.1, -0.05) is 6.07 Å². The maximum atomic E-state index is 12.5. The van der Waals surface area contributed by atoms with Gasteiger partial charge >= 0.3 is 18.1 Å². The third-order valence-electron chi connectivity index (χ3n) is 2.26. The molecule has 107 valence electrons. The van der Waals surface area contributed by atoms with E-state index < -0.39 is 29.3 Å². The first-order valence-corrected chi connectivity index (χ1v) is 5.27. The van der Waals surface area contributed by atoms with E-state index in [1.54, 1.807) is 0 Å². The highest BCUT2D eigenvalue weighted by Gasteiger charge is 2.30. The second kappa shape index (κ2) is 6.23. The van der Waals surface area contributed by atoms with Crippen LogP contribution in [0.3, 0.4) is 0 Å². The van der Waals surface area contributed by atoms with Crippen molar-refractivity contribution in [2.75, 3.05) is 14.2 Å². The van der Waals surface area contributed by atoms with Crippen LogP contribution in [0.2, 0.25) is 0 Å². The molecule has 1 rings (SSSR count). The fourth-order valence-electron chi connectivity index (χ4n) is 1.32. The Balaban J connectivity index is 3.24. The summed E-state index contributed by atoms with van der Waals surface area (Å²) in [5.74, 6) is -2.02. The van der Waals surface area contributed by atoms with E-state index in [0.717, 1.165) is 38.5 Å². The highest BCUT2D eigenvalue weighted by atomic mass is 19.4. The molecule has 20 heavy (non-hydrogen) atoms. The molecule has 0 aliphatic rings. The summed E-state index contributed by atoms with van der Waals surface area (Å²) in [6, 6.07) is 5.10. The van der Waals surface area contributed by atoms with Gasteiger partial charge in [-0.25, -0.2) is 9.59 Å². The van der Waals surface area contributed by atoms with E-state index in [1.807, 2.05) is 0 Å². The van der Waals surface area contributed by atoms with Crippen molar-refractivity contribution in [2.45, 2.75) is 6.18 Å². The summed E-state index contributed by atoms with van der Waals surface area (Å²) in [6.07, 6.45) is -3.61. The summed E-state index contributed by atoms with van der Waals surface area (Å²) in [5.41, 5.74) is -1.53. The number of hydrogen-bond donors (Lipinski definition) is 0. The molecule has 7 heteroatoms. The standard InChI is InChI=1S/C13H10F3O4/c1-19-11(17)10(12(18)20-2)7-8-4-3-5-9(6-8)13(14,15)16/h3,5-7H,1-2H3. The Kier molecular flexibility index (Phi) is 4.90. The molecule has 0 spiro atoms. The zero-order valence-electron chi connectivity index (χ0n) is 10.6. The Morgan fingerprint density at radius 2 is 1.75 bits per heavy atom. The topological polar surface area (TPSA) is 52.6 Å². The van der Waals surface area contributed by atoms with Gasteiger partial charge in [-0.3, -0.25) is 0 Å². The summed E-state index contributed by atoms with van der Waals surface area (Å²) in [6.45, 7) is 0. The molecule has 1 aromatic carbocycles. The van der Waals surface area contributed by atoms with Crippen LogP contribution in [0.15, 0.2) is 23.8 Å². The van der Waals surface area contributed by atoms with Gasteiger partial charge in [0, 0.05) is 0 Å². The number of hydrogen-bond acceptors (Lipinski definition) is 4. The number of ether oxygens (including phenoxy) is 2. The fourth-order valence-corrected chi connectivity index (χ4v) is 1.32. The molecule has 0 amide bonds. The number of carbonyl (C=O) groups excluding carboxylic acids is 2. The molecular weight excluding hydrogens is 277 g/mol. The van der Waals surface area contributed by atoms with Crippen LogP contribution in [-0.4, -0.2) is 26.2 Å². The van der Waals surface area contributed by atoms with Crippen LogP contribution in [0.4, 0.5) is 13.2 Å². The molecular formula is C13H10F3O4. The van der Waals surface area contributed by atoms with Gasteiger partial charge in [-0.15, -0.1) is 0 Å². The minimum Gasteiger partial charge on any atom is -0.465 e. The molecule has 0 aliphatic heterocycles. The maximum absolute atomic E-state index is 12.5. The van der Waals surface area contributed by atoms with E-state index in [-0.39, 0.29) is 5.56 Å². The molecule has 0 bridgehead atoms. The van der Waals surface area contributed by atoms with Gasteiger partial charge in [0.15, 0.2) is 0 Å². The maximum Gasteiger partial charge on any atom is 0.416 e. The Hall–Kier alpha value is -2.31. The van der Waals surface area contributed by atoms with Crippen molar-refractivity contribution in [2.24, 2.45) is 0 Å². The fraction of sp³-hybridized carbons (Fsp3) is 0.231. The molecule has 4 nitrogen and oxygen atoms in total. The predicted molar refractivity (Wildman–Crippen MR) is 62.3 cm³/mol.